The molecule has 0 saturated carbocycles. The van der Waals surface area contributed by atoms with Crippen molar-refractivity contribution in [3.05, 3.63) is 126 Å². The first-order valence-electron chi connectivity index (χ1n) is 11.0. The Morgan fingerprint density at radius 2 is 1.39 bits per heavy atom. The summed E-state index contributed by atoms with van der Waals surface area (Å²) in [6, 6.07) is 28.1. The number of amides is 3. The zero-order valence-corrected chi connectivity index (χ0v) is 19.8. The molecule has 8 heteroatoms. The van der Waals surface area contributed by atoms with E-state index in [1.165, 1.54) is 36.0 Å². The molecule has 180 valence electrons. The smallest absolute Gasteiger partial charge is 0.255 e. The number of thioether (sulfide) groups is 1. The Bertz CT molecular complexity index is 1380. The van der Waals surface area contributed by atoms with Crippen LogP contribution in [0.3, 0.4) is 0 Å². The molecule has 0 aliphatic heterocycles. The Balaban J connectivity index is 1.52. The van der Waals surface area contributed by atoms with Gasteiger partial charge in [0.05, 0.1) is 0 Å². The van der Waals surface area contributed by atoms with Crippen LogP contribution in [0.1, 0.15) is 31.5 Å². The van der Waals surface area contributed by atoms with Crippen LogP contribution in [-0.2, 0) is 4.79 Å². The van der Waals surface area contributed by atoms with Crippen LogP contribution in [0.15, 0.2) is 108 Å². The summed E-state index contributed by atoms with van der Waals surface area (Å²) in [5.41, 5.74) is 7.85. The molecule has 0 bridgehead atoms. The van der Waals surface area contributed by atoms with Gasteiger partial charge in [0.15, 0.2) is 0 Å². The van der Waals surface area contributed by atoms with Crippen molar-refractivity contribution in [2.24, 2.45) is 5.73 Å². The molecule has 4 aromatic carbocycles. The summed E-state index contributed by atoms with van der Waals surface area (Å²) < 4.78 is 13.2. The molecule has 0 fully saturated rings. The average molecular weight is 500 g/mol. The predicted octanol–water partition coefficient (Wildman–Crippen LogP) is 5.65. The first-order chi connectivity index (χ1) is 17.4. The monoisotopic (exact) mass is 499 g/mol. The highest BCUT2D eigenvalue weighted by molar-refractivity contribution is 8.00. The normalized spacial score (nSPS) is 11.4. The van der Waals surface area contributed by atoms with Gasteiger partial charge < -0.3 is 16.4 Å². The van der Waals surface area contributed by atoms with Gasteiger partial charge in [-0.15, -0.1) is 11.8 Å². The lowest BCUT2D eigenvalue weighted by atomic mass is 10.1. The maximum atomic E-state index is 13.3. The molecule has 3 amide bonds. The minimum Gasteiger partial charge on any atom is -0.366 e. The lowest BCUT2D eigenvalue weighted by Gasteiger charge is -2.18. The van der Waals surface area contributed by atoms with Crippen molar-refractivity contribution in [1.29, 1.82) is 0 Å². The third kappa shape index (κ3) is 6.37. The second kappa shape index (κ2) is 11.3. The van der Waals surface area contributed by atoms with Crippen molar-refractivity contribution >= 4 is 40.9 Å². The number of hydrogen-bond acceptors (Lipinski definition) is 4. The molecule has 0 heterocycles. The van der Waals surface area contributed by atoms with Crippen molar-refractivity contribution in [2.75, 3.05) is 10.6 Å². The molecular formula is C28H22FN3O3S. The fraction of sp³-hybridized carbons (Fsp3) is 0.0357. The van der Waals surface area contributed by atoms with Gasteiger partial charge in [-0.25, -0.2) is 4.39 Å². The third-order valence-electron chi connectivity index (χ3n) is 5.23. The number of hydrogen-bond donors (Lipinski definition) is 3. The number of carbonyl (C=O) groups excluding carboxylic acids is 3. The zero-order chi connectivity index (χ0) is 25.5. The molecule has 4 aromatic rings. The van der Waals surface area contributed by atoms with Crippen molar-refractivity contribution in [3.63, 3.8) is 0 Å². The van der Waals surface area contributed by atoms with Crippen molar-refractivity contribution in [1.82, 2.24) is 0 Å². The van der Waals surface area contributed by atoms with Gasteiger partial charge in [0, 0.05) is 27.4 Å². The van der Waals surface area contributed by atoms with Gasteiger partial charge in [0.1, 0.15) is 11.1 Å². The number of nitrogens with one attached hydrogen (secondary N) is 2. The molecule has 4 rings (SSSR count). The summed E-state index contributed by atoms with van der Waals surface area (Å²) in [6.45, 7) is 0. The molecule has 0 spiro atoms. The summed E-state index contributed by atoms with van der Waals surface area (Å²) in [4.78, 5) is 37.9. The van der Waals surface area contributed by atoms with E-state index in [0.717, 1.165) is 10.5 Å². The predicted molar refractivity (Wildman–Crippen MR) is 139 cm³/mol. The van der Waals surface area contributed by atoms with E-state index in [0.29, 0.717) is 22.5 Å². The van der Waals surface area contributed by atoms with Gasteiger partial charge in [0.2, 0.25) is 11.8 Å². The number of anilines is 2. The van der Waals surface area contributed by atoms with E-state index in [2.05, 4.69) is 10.6 Å². The van der Waals surface area contributed by atoms with Crippen LogP contribution in [0, 0.1) is 5.82 Å². The zero-order valence-electron chi connectivity index (χ0n) is 19.0. The lowest BCUT2D eigenvalue weighted by Crippen LogP contribution is -2.19. The Kier molecular flexibility index (Phi) is 7.77. The topological polar surface area (TPSA) is 101 Å². The Labute approximate surface area is 211 Å². The molecule has 0 saturated heterocycles. The molecule has 36 heavy (non-hydrogen) atoms. The lowest BCUT2D eigenvalue weighted by molar-refractivity contribution is -0.115. The van der Waals surface area contributed by atoms with E-state index >= 15 is 0 Å². The standard InChI is InChI=1S/C28H22FN3O3S/c29-21-13-9-20(10-14-21)27(34)32-23-7-4-8-24(17-23)36-25(18-5-2-1-3-6-18)28(35)31-22-15-11-19(12-16-22)26(30)33/h1-17,25H,(H2,30,33)(H,31,35)(H,32,34). The molecule has 4 N–H and O–H groups in total. The summed E-state index contributed by atoms with van der Waals surface area (Å²) >= 11 is 1.33. The van der Waals surface area contributed by atoms with Crippen molar-refractivity contribution < 1.29 is 18.8 Å². The van der Waals surface area contributed by atoms with E-state index in [1.54, 1.807) is 42.5 Å². The molecule has 0 aromatic heterocycles. The van der Waals surface area contributed by atoms with E-state index in [-0.39, 0.29) is 11.8 Å². The maximum absolute atomic E-state index is 13.3. The number of rotatable bonds is 8. The van der Waals surface area contributed by atoms with Crippen LogP contribution in [-0.4, -0.2) is 17.7 Å². The number of primary amides is 1. The Hall–Kier alpha value is -4.43. The highest BCUT2D eigenvalue weighted by atomic mass is 32.2. The van der Waals surface area contributed by atoms with Gasteiger partial charge in [-0.05, 0) is 72.3 Å². The highest BCUT2D eigenvalue weighted by Crippen LogP contribution is 2.37. The maximum Gasteiger partial charge on any atom is 0.255 e. The van der Waals surface area contributed by atoms with Crippen LogP contribution < -0.4 is 16.4 Å². The van der Waals surface area contributed by atoms with Crippen molar-refractivity contribution in [3.8, 4) is 0 Å². The van der Waals surface area contributed by atoms with E-state index in [4.69, 9.17) is 5.73 Å². The molecule has 1 atom stereocenters. The quantitative estimate of drug-likeness (QED) is 0.273. The van der Waals surface area contributed by atoms with E-state index in [1.807, 2.05) is 36.4 Å². The SMILES string of the molecule is NC(=O)c1ccc(NC(=O)C(Sc2cccc(NC(=O)c3ccc(F)cc3)c2)c2ccccc2)cc1. The summed E-state index contributed by atoms with van der Waals surface area (Å²) in [5.74, 6) is -1.58. The molecule has 0 aliphatic carbocycles. The number of benzene rings is 4. The Morgan fingerprint density at radius 1 is 0.722 bits per heavy atom. The Morgan fingerprint density at radius 3 is 2.06 bits per heavy atom. The van der Waals surface area contributed by atoms with Gasteiger partial charge >= 0.3 is 0 Å². The fourth-order valence-electron chi connectivity index (χ4n) is 3.41. The van der Waals surface area contributed by atoms with Gasteiger partial charge in [-0.3, -0.25) is 14.4 Å². The molecule has 0 aliphatic rings. The summed E-state index contributed by atoms with van der Waals surface area (Å²) in [7, 11) is 0. The van der Waals surface area contributed by atoms with E-state index in [9.17, 15) is 18.8 Å². The number of carbonyl (C=O) groups is 3. The van der Waals surface area contributed by atoms with Gasteiger partial charge in [-0.2, -0.15) is 0 Å². The summed E-state index contributed by atoms with van der Waals surface area (Å²) in [6.07, 6.45) is 0. The second-order valence-electron chi connectivity index (χ2n) is 7.83. The first-order valence-corrected chi connectivity index (χ1v) is 11.9. The van der Waals surface area contributed by atoms with Gasteiger partial charge in [0.25, 0.3) is 5.91 Å². The van der Waals surface area contributed by atoms with Crippen LogP contribution in [0.4, 0.5) is 15.8 Å². The third-order valence-corrected chi connectivity index (χ3v) is 6.48. The first kappa shape index (κ1) is 24.7. The minimum atomic E-state index is -0.593. The number of halogens is 1. The van der Waals surface area contributed by atoms with E-state index < -0.39 is 17.0 Å². The van der Waals surface area contributed by atoms with Crippen LogP contribution in [0.5, 0.6) is 0 Å². The highest BCUT2D eigenvalue weighted by Gasteiger charge is 2.22. The molecule has 6 nitrogen and oxygen atoms in total. The largest absolute Gasteiger partial charge is 0.366 e. The molecule has 0 radical (unpaired) electrons. The minimum absolute atomic E-state index is 0.251. The number of nitrogens with two attached hydrogens (primary N) is 1. The molecular weight excluding hydrogens is 477 g/mol. The molecule has 1 unspecified atom stereocenters. The van der Waals surface area contributed by atoms with Crippen molar-refractivity contribution in [2.45, 2.75) is 10.1 Å². The van der Waals surface area contributed by atoms with Crippen LogP contribution in [0.25, 0.3) is 0 Å². The fourth-order valence-corrected chi connectivity index (χ4v) is 4.50. The van der Waals surface area contributed by atoms with Gasteiger partial charge in [-0.1, -0.05) is 36.4 Å². The summed E-state index contributed by atoms with van der Waals surface area (Å²) in [5, 5.41) is 5.10. The van der Waals surface area contributed by atoms with Crippen LogP contribution >= 0.6 is 11.8 Å². The second-order valence-corrected chi connectivity index (χ2v) is 9.01. The van der Waals surface area contributed by atoms with Crippen LogP contribution in [0.2, 0.25) is 0 Å². The average Bonchev–Trinajstić information content (AvgIpc) is 2.88.